The molecule has 2 rings (SSSR count). The Morgan fingerprint density at radius 1 is 1.08 bits per heavy atom. The lowest BCUT2D eigenvalue weighted by atomic mass is 10.2. The molecule has 0 heterocycles. The predicted octanol–water partition coefficient (Wildman–Crippen LogP) is 4.44. The van der Waals surface area contributed by atoms with Gasteiger partial charge in [0.1, 0.15) is 6.61 Å². The van der Waals surface area contributed by atoms with Gasteiger partial charge >= 0.3 is 0 Å². The van der Waals surface area contributed by atoms with Gasteiger partial charge in [-0.3, -0.25) is 0 Å². The van der Waals surface area contributed by atoms with Crippen LogP contribution >= 0.6 is 23.2 Å². The van der Waals surface area contributed by atoms with Crippen molar-refractivity contribution in [2.45, 2.75) is 33.1 Å². The highest BCUT2D eigenvalue weighted by Crippen LogP contribution is 2.30. The third-order valence-electron chi connectivity index (χ3n) is 3.48. The van der Waals surface area contributed by atoms with E-state index in [4.69, 9.17) is 32.7 Å². The van der Waals surface area contributed by atoms with Crippen molar-refractivity contribution < 1.29 is 14.6 Å². The third kappa shape index (κ3) is 6.40. The SMILES string of the molecule is CCOc1cc(CNC[C@H](C)O)ccc1OCc1ccc(Cl)cc1Cl. The summed E-state index contributed by atoms with van der Waals surface area (Å²) in [5, 5.41) is 13.7. The highest BCUT2D eigenvalue weighted by atomic mass is 35.5. The van der Waals surface area contributed by atoms with Crippen LogP contribution in [-0.4, -0.2) is 24.4 Å². The predicted molar refractivity (Wildman–Crippen MR) is 102 cm³/mol. The molecule has 0 unspecified atom stereocenters. The summed E-state index contributed by atoms with van der Waals surface area (Å²) in [6.45, 7) is 5.74. The number of ether oxygens (including phenoxy) is 2. The Labute approximate surface area is 158 Å². The van der Waals surface area contributed by atoms with Gasteiger partial charge in [-0.1, -0.05) is 35.3 Å². The zero-order valence-corrected chi connectivity index (χ0v) is 15.9. The van der Waals surface area contributed by atoms with Crippen molar-refractivity contribution in [3.63, 3.8) is 0 Å². The number of aliphatic hydroxyl groups is 1. The topological polar surface area (TPSA) is 50.7 Å². The van der Waals surface area contributed by atoms with Gasteiger partial charge < -0.3 is 19.9 Å². The van der Waals surface area contributed by atoms with E-state index >= 15 is 0 Å². The van der Waals surface area contributed by atoms with Crippen LogP contribution in [0.2, 0.25) is 10.0 Å². The fraction of sp³-hybridized carbons (Fsp3) is 0.368. The maximum atomic E-state index is 9.30. The van der Waals surface area contributed by atoms with Crippen molar-refractivity contribution in [3.05, 3.63) is 57.6 Å². The minimum atomic E-state index is -0.377. The summed E-state index contributed by atoms with van der Waals surface area (Å²) in [5.74, 6) is 1.34. The Hall–Kier alpha value is -1.46. The number of benzene rings is 2. The van der Waals surface area contributed by atoms with Crippen LogP contribution in [0.25, 0.3) is 0 Å². The van der Waals surface area contributed by atoms with Gasteiger partial charge in [0.25, 0.3) is 0 Å². The second kappa shape index (κ2) is 9.88. The molecule has 0 bridgehead atoms. The van der Waals surface area contributed by atoms with Crippen molar-refractivity contribution in [2.75, 3.05) is 13.2 Å². The molecule has 0 saturated heterocycles. The number of hydrogen-bond donors (Lipinski definition) is 2. The van der Waals surface area contributed by atoms with E-state index in [2.05, 4.69) is 5.32 Å². The van der Waals surface area contributed by atoms with E-state index in [-0.39, 0.29) is 6.10 Å². The molecule has 1 atom stereocenters. The minimum Gasteiger partial charge on any atom is -0.490 e. The first-order chi connectivity index (χ1) is 12.0. The molecule has 0 fully saturated rings. The molecule has 4 nitrogen and oxygen atoms in total. The molecule has 0 amide bonds. The third-order valence-corrected chi connectivity index (χ3v) is 4.06. The smallest absolute Gasteiger partial charge is 0.161 e. The standard InChI is InChI=1S/C19H23Cl2NO3/c1-3-24-19-8-14(11-22-10-13(2)23)4-7-18(19)25-12-15-5-6-16(20)9-17(15)21/h4-9,13,22-23H,3,10-12H2,1-2H3/t13-/m0/s1. The van der Waals surface area contributed by atoms with Gasteiger partial charge in [-0.2, -0.15) is 0 Å². The fourth-order valence-corrected chi connectivity index (χ4v) is 2.73. The van der Waals surface area contributed by atoms with E-state index in [0.717, 1.165) is 11.1 Å². The monoisotopic (exact) mass is 383 g/mol. The lowest BCUT2D eigenvalue weighted by molar-refractivity contribution is 0.191. The second-order valence-corrected chi connectivity index (χ2v) is 6.56. The number of rotatable bonds is 9. The maximum Gasteiger partial charge on any atom is 0.161 e. The Morgan fingerprint density at radius 2 is 1.88 bits per heavy atom. The number of halogens is 2. The van der Waals surface area contributed by atoms with Gasteiger partial charge in [0.15, 0.2) is 11.5 Å². The molecule has 0 aromatic heterocycles. The van der Waals surface area contributed by atoms with Crippen molar-refractivity contribution in [1.29, 1.82) is 0 Å². The highest BCUT2D eigenvalue weighted by Gasteiger charge is 2.09. The van der Waals surface area contributed by atoms with E-state index in [1.54, 1.807) is 19.1 Å². The van der Waals surface area contributed by atoms with Crippen molar-refractivity contribution in [2.24, 2.45) is 0 Å². The summed E-state index contributed by atoms with van der Waals surface area (Å²) in [6, 6.07) is 11.1. The van der Waals surface area contributed by atoms with Crippen LogP contribution in [0, 0.1) is 0 Å². The largest absolute Gasteiger partial charge is 0.490 e. The molecule has 0 aliphatic rings. The van der Waals surface area contributed by atoms with Crippen LogP contribution in [-0.2, 0) is 13.2 Å². The first-order valence-corrected chi connectivity index (χ1v) is 8.96. The molecule has 136 valence electrons. The summed E-state index contributed by atoms with van der Waals surface area (Å²) < 4.78 is 11.6. The summed E-state index contributed by atoms with van der Waals surface area (Å²) in [6.07, 6.45) is -0.377. The number of hydrogen-bond acceptors (Lipinski definition) is 4. The normalized spacial score (nSPS) is 12.0. The van der Waals surface area contributed by atoms with Crippen LogP contribution < -0.4 is 14.8 Å². The molecule has 0 aliphatic carbocycles. The lowest BCUT2D eigenvalue weighted by Crippen LogP contribution is -2.23. The van der Waals surface area contributed by atoms with E-state index in [9.17, 15) is 5.11 Å². The van der Waals surface area contributed by atoms with E-state index < -0.39 is 0 Å². The molecule has 2 aromatic carbocycles. The molecule has 0 radical (unpaired) electrons. The van der Waals surface area contributed by atoms with Gasteiger partial charge in [-0.05, 0) is 43.7 Å². The molecular formula is C19H23Cl2NO3. The summed E-state index contributed by atoms with van der Waals surface area (Å²) in [4.78, 5) is 0. The number of nitrogens with one attached hydrogen (secondary N) is 1. The highest BCUT2D eigenvalue weighted by molar-refractivity contribution is 6.35. The first kappa shape index (κ1) is 19.9. The summed E-state index contributed by atoms with van der Waals surface area (Å²) >= 11 is 12.1. The van der Waals surface area contributed by atoms with Gasteiger partial charge in [-0.15, -0.1) is 0 Å². The van der Waals surface area contributed by atoms with Gasteiger partial charge in [0, 0.05) is 28.7 Å². The molecular weight excluding hydrogens is 361 g/mol. The quantitative estimate of drug-likeness (QED) is 0.671. The van der Waals surface area contributed by atoms with Crippen molar-refractivity contribution in [1.82, 2.24) is 5.32 Å². The van der Waals surface area contributed by atoms with Gasteiger partial charge in [0.05, 0.1) is 12.7 Å². The molecule has 0 saturated carbocycles. The van der Waals surface area contributed by atoms with Crippen LogP contribution in [0.4, 0.5) is 0 Å². The van der Waals surface area contributed by atoms with Crippen LogP contribution in [0.3, 0.4) is 0 Å². The van der Waals surface area contributed by atoms with Gasteiger partial charge in [-0.25, -0.2) is 0 Å². The summed E-state index contributed by atoms with van der Waals surface area (Å²) in [7, 11) is 0. The van der Waals surface area contributed by atoms with Crippen molar-refractivity contribution >= 4 is 23.2 Å². The van der Waals surface area contributed by atoms with Gasteiger partial charge in [0.2, 0.25) is 0 Å². The number of aliphatic hydroxyl groups excluding tert-OH is 1. The molecule has 2 aromatic rings. The molecule has 6 heteroatoms. The van der Waals surface area contributed by atoms with Crippen molar-refractivity contribution in [3.8, 4) is 11.5 Å². The minimum absolute atomic E-state index is 0.329. The summed E-state index contributed by atoms with van der Waals surface area (Å²) in [5.41, 5.74) is 1.91. The molecule has 0 aliphatic heterocycles. The second-order valence-electron chi connectivity index (χ2n) is 5.72. The average Bonchev–Trinajstić information content (AvgIpc) is 2.55. The van der Waals surface area contributed by atoms with E-state index in [1.807, 2.05) is 31.2 Å². The maximum absolute atomic E-state index is 9.30. The first-order valence-electron chi connectivity index (χ1n) is 8.20. The lowest BCUT2D eigenvalue weighted by Gasteiger charge is -2.15. The molecule has 0 spiro atoms. The molecule has 25 heavy (non-hydrogen) atoms. The zero-order chi connectivity index (χ0) is 18.2. The fourth-order valence-electron chi connectivity index (χ4n) is 2.27. The molecule has 2 N–H and O–H groups in total. The van der Waals surface area contributed by atoms with Crippen LogP contribution in [0.15, 0.2) is 36.4 Å². The Bertz CT molecular complexity index is 692. The van der Waals surface area contributed by atoms with Crippen LogP contribution in [0.1, 0.15) is 25.0 Å². The Balaban J connectivity index is 2.05. The van der Waals surface area contributed by atoms with Crippen LogP contribution in [0.5, 0.6) is 11.5 Å². The zero-order valence-electron chi connectivity index (χ0n) is 14.4. The van der Waals surface area contributed by atoms with E-state index in [1.165, 1.54) is 0 Å². The average molecular weight is 384 g/mol. The Kier molecular flexibility index (Phi) is 7.85. The van der Waals surface area contributed by atoms with E-state index in [0.29, 0.717) is 47.8 Å². The Morgan fingerprint density at radius 3 is 2.56 bits per heavy atom.